The third-order valence-corrected chi connectivity index (χ3v) is 5.34. The van der Waals surface area contributed by atoms with Crippen molar-refractivity contribution in [2.75, 3.05) is 10.6 Å². The summed E-state index contributed by atoms with van der Waals surface area (Å²) in [6, 6.07) is 3.35. The minimum Gasteiger partial charge on any atom is -0.361 e. The van der Waals surface area contributed by atoms with Gasteiger partial charge in [0.2, 0.25) is 0 Å². The monoisotopic (exact) mass is 398 g/mol. The van der Waals surface area contributed by atoms with Crippen LogP contribution in [0.1, 0.15) is 67.3 Å². The van der Waals surface area contributed by atoms with Gasteiger partial charge in [0.1, 0.15) is 11.5 Å². The third-order valence-electron chi connectivity index (χ3n) is 5.34. The molecule has 1 aliphatic carbocycles. The molecule has 29 heavy (non-hydrogen) atoms. The highest BCUT2D eigenvalue weighted by molar-refractivity contribution is 5.98. The molecular weight excluding hydrogens is 372 g/mol. The molecule has 1 saturated carbocycles. The Bertz CT molecular complexity index is 965. The largest absolute Gasteiger partial charge is 0.361 e. The van der Waals surface area contributed by atoms with Crippen molar-refractivity contribution in [2.24, 2.45) is 0 Å². The topological polar surface area (TPSA) is 127 Å². The average Bonchev–Trinajstić information content (AvgIpc) is 3.34. The van der Waals surface area contributed by atoms with Crippen LogP contribution in [-0.2, 0) is 6.54 Å². The molecular formula is C19H26N8O2. The molecule has 0 radical (unpaired) electrons. The first kappa shape index (κ1) is 19.2. The first-order chi connectivity index (χ1) is 14.1. The lowest BCUT2D eigenvalue weighted by molar-refractivity contribution is 0.262. The third kappa shape index (κ3) is 4.64. The minimum absolute atomic E-state index is 0.391. The Morgan fingerprint density at radius 1 is 1.21 bits per heavy atom. The highest BCUT2D eigenvalue weighted by Crippen LogP contribution is 2.31. The van der Waals surface area contributed by atoms with Crippen LogP contribution in [-0.4, -0.2) is 36.4 Å². The number of rotatable bonds is 5. The first-order valence-electron chi connectivity index (χ1n) is 10.0. The smallest absolute Gasteiger partial charge is 0.326 e. The maximum atomic E-state index is 12.4. The summed E-state index contributed by atoms with van der Waals surface area (Å²) in [5, 5.41) is 24.9. The number of aromatic nitrogens is 6. The Hall–Kier alpha value is -3.17. The number of nitrogens with one attached hydrogen (secondary N) is 3. The van der Waals surface area contributed by atoms with Crippen molar-refractivity contribution in [3.63, 3.8) is 0 Å². The van der Waals surface area contributed by atoms with Crippen molar-refractivity contribution in [3.8, 4) is 0 Å². The van der Waals surface area contributed by atoms with Gasteiger partial charge in [0.15, 0.2) is 11.6 Å². The highest BCUT2D eigenvalue weighted by Gasteiger charge is 2.18. The van der Waals surface area contributed by atoms with Crippen LogP contribution in [0.4, 0.5) is 16.4 Å². The van der Waals surface area contributed by atoms with Crippen molar-refractivity contribution >= 4 is 17.7 Å². The molecule has 0 bridgehead atoms. The quantitative estimate of drug-likeness (QED) is 0.562. The Kier molecular flexibility index (Phi) is 5.59. The van der Waals surface area contributed by atoms with Gasteiger partial charge in [-0.15, -0.1) is 5.10 Å². The lowest BCUT2D eigenvalue weighted by Crippen LogP contribution is -2.20. The van der Waals surface area contributed by atoms with Crippen LogP contribution in [0.25, 0.3) is 0 Å². The summed E-state index contributed by atoms with van der Waals surface area (Å²) in [5.74, 6) is 2.12. The van der Waals surface area contributed by atoms with E-state index < -0.39 is 6.03 Å². The molecule has 0 aromatic carbocycles. The summed E-state index contributed by atoms with van der Waals surface area (Å²) in [6.45, 7) is 4.09. The van der Waals surface area contributed by atoms with Crippen molar-refractivity contribution in [2.45, 2.75) is 64.8 Å². The Balaban J connectivity index is 1.35. The molecule has 10 nitrogen and oxygen atoms in total. The summed E-state index contributed by atoms with van der Waals surface area (Å²) in [4.78, 5) is 12.4. The van der Waals surface area contributed by atoms with E-state index in [2.05, 4.69) is 36.3 Å². The summed E-state index contributed by atoms with van der Waals surface area (Å²) in [7, 11) is 0. The molecule has 0 aliphatic heterocycles. The van der Waals surface area contributed by atoms with E-state index >= 15 is 0 Å². The number of H-pyrrole nitrogens is 1. The number of amides is 2. The highest BCUT2D eigenvalue weighted by atomic mass is 16.5. The second-order valence-electron chi connectivity index (χ2n) is 7.59. The molecule has 2 amide bonds. The van der Waals surface area contributed by atoms with Crippen LogP contribution >= 0.6 is 0 Å². The number of aryl methyl sites for hydroxylation is 1. The van der Waals surface area contributed by atoms with E-state index in [1.807, 2.05) is 26.0 Å². The zero-order valence-electron chi connectivity index (χ0n) is 16.7. The van der Waals surface area contributed by atoms with Gasteiger partial charge in [0, 0.05) is 23.7 Å². The molecule has 4 rings (SSSR count). The number of hydrogen-bond acceptors (Lipinski definition) is 6. The van der Waals surface area contributed by atoms with Gasteiger partial charge in [0.05, 0.1) is 12.2 Å². The number of carbonyl (C=O) groups is 1. The van der Waals surface area contributed by atoms with Crippen LogP contribution in [0, 0.1) is 13.8 Å². The van der Waals surface area contributed by atoms with Gasteiger partial charge in [-0.25, -0.2) is 9.48 Å². The molecule has 3 aromatic heterocycles. The fourth-order valence-electron chi connectivity index (χ4n) is 3.73. The van der Waals surface area contributed by atoms with E-state index in [4.69, 9.17) is 4.52 Å². The van der Waals surface area contributed by atoms with Gasteiger partial charge in [-0.3, -0.25) is 15.7 Å². The molecule has 10 heteroatoms. The molecule has 154 valence electrons. The first-order valence-corrected chi connectivity index (χ1v) is 10.0. The van der Waals surface area contributed by atoms with Crippen LogP contribution in [0.2, 0.25) is 0 Å². The molecule has 1 fully saturated rings. The van der Waals surface area contributed by atoms with Gasteiger partial charge < -0.3 is 4.52 Å². The lowest BCUT2D eigenvalue weighted by Gasteiger charge is -2.10. The molecule has 3 N–H and O–H groups in total. The van der Waals surface area contributed by atoms with Gasteiger partial charge in [-0.2, -0.15) is 5.10 Å². The van der Waals surface area contributed by atoms with E-state index in [1.165, 1.54) is 38.5 Å². The van der Waals surface area contributed by atoms with Crippen LogP contribution in [0.3, 0.4) is 0 Å². The van der Waals surface area contributed by atoms with E-state index in [0.29, 0.717) is 24.1 Å². The van der Waals surface area contributed by atoms with Crippen molar-refractivity contribution < 1.29 is 9.32 Å². The molecule has 0 spiro atoms. The zero-order chi connectivity index (χ0) is 20.2. The number of nitrogens with zero attached hydrogens (tertiary/aromatic N) is 5. The minimum atomic E-state index is -0.406. The number of aromatic amines is 1. The lowest BCUT2D eigenvalue weighted by atomic mass is 9.97. The van der Waals surface area contributed by atoms with Crippen LogP contribution < -0.4 is 10.6 Å². The summed E-state index contributed by atoms with van der Waals surface area (Å²) >= 11 is 0. The predicted octanol–water partition coefficient (Wildman–Crippen LogP) is 3.74. The number of hydrogen-bond donors (Lipinski definition) is 3. The molecule has 0 saturated heterocycles. The molecule has 1 aliphatic rings. The summed E-state index contributed by atoms with van der Waals surface area (Å²) in [6.07, 6.45) is 7.43. The Labute approximate surface area is 168 Å². The zero-order valence-corrected chi connectivity index (χ0v) is 16.7. The normalized spacial score (nSPS) is 15.2. The van der Waals surface area contributed by atoms with E-state index in [0.717, 1.165) is 22.8 Å². The summed E-state index contributed by atoms with van der Waals surface area (Å²) < 4.78 is 6.72. The number of anilines is 2. The van der Waals surface area contributed by atoms with E-state index in [-0.39, 0.29) is 0 Å². The van der Waals surface area contributed by atoms with Crippen molar-refractivity contribution in [1.82, 2.24) is 30.3 Å². The van der Waals surface area contributed by atoms with Crippen LogP contribution in [0.5, 0.6) is 0 Å². The standard InChI is InChI=1S/C19H26N8O2/c1-12-9-15(25-29-12)11-27-13(2)18(24-26-27)21-19(28)20-17-10-16(22-23-17)14-7-5-3-4-6-8-14/h9-10,14H,3-8,11H2,1-2H3,(H3,20,21,22,23,28). The molecule has 0 unspecified atom stereocenters. The summed E-state index contributed by atoms with van der Waals surface area (Å²) in [5.41, 5.74) is 2.56. The number of carbonyl (C=O) groups excluding carboxylic acids is 1. The maximum Gasteiger partial charge on any atom is 0.326 e. The van der Waals surface area contributed by atoms with Crippen LogP contribution in [0.15, 0.2) is 16.7 Å². The fourth-order valence-corrected chi connectivity index (χ4v) is 3.73. The van der Waals surface area contributed by atoms with E-state index in [9.17, 15) is 4.79 Å². The predicted molar refractivity (Wildman–Crippen MR) is 107 cm³/mol. The maximum absolute atomic E-state index is 12.4. The molecule has 3 heterocycles. The SMILES string of the molecule is Cc1cc(Cn2nnc(NC(=O)Nc3cc(C4CCCCCC4)[nH]n3)c2C)no1. The van der Waals surface area contributed by atoms with Gasteiger partial charge in [0.25, 0.3) is 0 Å². The molecule has 3 aromatic rings. The van der Waals surface area contributed by atoms with Crippen molar-refractivity contribution in [3.05, 3.63) is 35.0 Å². The van der Waals surface area contributed by atoms with E-state index in [1.54, 1.807) is 4.68 Å². The Morgan fingerprint density at radius 2 is 2.00 bits per heavy atom. The van der Waals surface area contributed by atoms with Crippen molar-refractivity contribution in [1.29, 1.82) is 0 Å². The Morgan fingerprint density at radius 3 is 2.72 bits per heavy atom. The van der Waals surface area contributed by atoms with Gasteiger partial charge in [-0.1, -0.05) is 36.1 Å². The molecule has 0 atom stereocenters. The second kappa shape index (κ2) is 8.46. The number of urea groups is 1. The average molecular weight is 398 g/mol. The van der Waals surface area contributed by atoms with Gasteiger partial charge >= 0.3 is 6.03 Å². The second-order valence-corrected chi connectivity index (χ2v) is 7.59. The fraction of sp³-hybridized carbons (Fsp3) is 0.526. The van der Waals surface area contributed by atoms with Gasteiger partial charge in [-0.05, 0) is 26.7 Å².